The number of unbranched alkanes of at least 4 members (excludes halogenated alkanes) is 28. The van der Waals surface area contributed by atoms with Gasteiger partial charge in [0.25, 0.3) is 0 Å². The fourth-order valence-corrected chi connectivity index (χ4v) is 6.99. The van der Waals surface area contributed by atoms with E-state index in [1.165, 1.54) is 167 Å². The van der Waals surface area contributed by atoms with Crippen molar-refractivity contribution >= 4 is 17.8 Å². The Balaban J connectivity index is 4.39. The van der Waals surface area contributed by atoms with Crippen molar-refractivity contribution in [3.05, 3.63) is 0 Å². The average molecular weight is 736 g/mol. The quantitative estimate of drug-likeness (QED) is 0.0239. The van der Waals surface area contributed by atoms with Crippen LogP contribution < -0.4 is 28.3 Å². The molecule has 0 unspecified atom stereocenters. The van der Waals surface area contributed by atoms with Gasteiger partial charge in [-0.3, -0.25) is 14.6 Å². The maximum atomic E-state index is 13.4. The molecule has 9 N–H and O–H groups in total. The summed E-state index contributed by atoms with van der Waals surface area (Å²) < 4.78 is 0. The molecular weight excluding hydrogens is 647 g/mol. The Morgan fingerprint density at radius 1 is 0.500 bits per heavy atom. The van der Waals surface area contributed by atoms with Crippen LogP contribution in [0.1, 0.15) is 219 Å². The molecule has 308 valence electrons. The molecule has 0 bridgehead atoms. The minimum absolute atomic E-state index is 0.0285. The highest BCUT2D eigenvalue weighted by molar-refractivity contribution is 5.85. The zero-order chi connectivity index (χ0) is 38.3. The number of nitrogens with two attached hydrogens (primary N) is 4. The molecule has 0 saturated heterocycles. The standard InChI is InChI=1S/C43H89N7O2/c1-3-5-7-9-11-13-15-17-19-20-22-24-26-28-30-32-37-50(36-31-29-27-25-23-21-18-16-14-12-10-8-6-4-2)42(52)40(45)38-49-41(51)39(44)34-33-35-48-43(46)47/h39-40H,3-38,44-45H2,1-2H3,(H,49,51)(H4,46,47,48)/t39-,40-/m0/s1. The van der Waals surface area contributed by atoms with Crippen LogP contribution in [0.15, 0.2) is 4.99 Å². The highest BCUT2D eigenvalue weighted by Crippen LogP contribution is 2.16. The molecule has 0 aliphatic heterocycles. The van der Waals surface area contributed by atoms with E-state index in [0.29, 0.717) is 19.4 Å². The number of rotatable bonds is 40. The smallest absolute Gasteiger partial charge is 0.241 e. The van der Waals surface area contributed by atoms with Crippen molar-refractivity contribution in [3.8, 4) is 0 Å². The summed E-state index contributed by atoms with van der Waals surface area (Å²) >= 11 is 0. The van der Waals surface area contributed by atoms with Gasteiger partial charge in [-0.2, -0.15) is 0 Å². The lowest BCUT2D eigenvalue weighted by atomic mass is 10.0. The normalized spacial score (nSPS) is 12.5. The number of hydrogen-bond donors (Lipinski definition) is 5. The Bertz CT molecular complexity index is 821. The van der Waals surface area contributed by atoms with Crippen LogP contribution >= 0.6 is 0 Å². The van der Waals surface area contributed by atoms with Crippen molar-refractivity contribution in [2.45, 2.75) is 231 Å². The first-order valence-electron chi connectivity index (χ1n) is 22.5. The highest BCUT2D eigenvalue weighted by atomic mass is 16.2. The van der Waals surface area contributed by atoms with Crippen molar-refractivity contribution in [2.75, 3.05) is 26.2 Å². The minimum Gasteiger partial charge on any atom is -0.370 e. The van der Waals surface area contributed by atoms with E-state index in [9.17, 15) is 9.59 Å². The summed E-state index contributed by atoms with van der Waals surface area (Å²) in [5.74, 6) is -0.345. The molecule has 0 spiro atoms. The summed E-state index contributed by atoms with van der Waals surface area (Å²) in [6.07, 6.45) is 40.7. The number of nitrogens with zero attached hydrogens (tertiary/aromatic N) is 2. The molecule has 0 aromatic rings. The van der Waals surface area contributed by atoms with Crippen LogP contribution in [0.2, 0.25) is 0 Å². The Hall–Kier alpha value is -1.87. The van der Waals surface area contributed by atoms with Crippen molar-refractivity contribution in [1.29, 1.82) is 0 Å². The van der Waals surface area contributed by atoms with E-state index in [0.717, 1.165) is 38.8 Å². The molecule has 9 nitrogen and oxygen atoms in total. The third kappa shape index (κ3) is 33.9. The van der Waals surface area contributed by atoms with Gasteiger partial charge in [0, 0.05) is 26.2 Å². The molecule has 52 heavy (non-hydrogen) atoms. The van der Waals surface area contributed by atoms with Gasteiger partial charge in [-0.25, -0.2) is 0 Å². The lowest BCUT2D eigenvalue weighted by molar-refractivity contribution is -0.133. The van der Waals surface area contributed by atoms with Gasteiger partial charge < -0.3 is 33.2 Å². The zero-order valence-electron chi connectivity index (χ0n) is 34.6. The van der Waals surface area contributed by atoms with Gasteiger partial charge in [0.15, 0.2) is 5.96 Å². The predicted octanol–water partition coefficient (Wildman–Crippen LogP) is 9.38. The number of carbonyl (C=O) groups is 2. The average Bonchev–Trinajstić information content (AvgIpc) is 3.13. The first-order chi connectivity index (χ1) is 25.3. The molecule has 2 amide bonds. The number of guanidine groups is 1. The SMILES string of the molecule is CCCCCCCCCCCCCCCCCCN(CCCCCCCCCCCCCCCC)C(=O)[C@@H](N)CNC(=O)[C@@H](N)CCCN=C(N)N. The van der Waals surface area contributed by atoms with E-state index >= 15 is 0 Å². The summed E-state index contributed by atoms with van der Waals surface area (Å²) in [4.78, 5) is 31.8. The number of nitrogens with one attached hydrogen (secondary N) is 1. The molecule has 0 aliphatic carbocycles. The predicted molar refractivity (Wildman–Crippen MR) is 225 cm³/mol. The molecule has 2 atom stereocenters. The van der Waals surface area contributed by atoms with Gasteiger partial charge in [-0.1, -0.05) is 194 Å². The first-order valence-corrected chi connectivity index (χ1v) is 22.5. The van der Waals surface area contributed by atoms with Gasteiger partial charge in [-0.05, 0) is 25.7 Å². The van der Waals surface area contributed by atoms with E-state index in [1.807, 2.05) is 4.90 Å². The lowest BCUT2D eigenvalue weighted by Crippen LogP contribution is -2.52. The Morgan fingerprint density at radius 3 is 1.15 bits per heavy atom. The lowest BCUT2D eigenvalue weighted by Gasteiger charge is -2.26. The van der Waals surface area contributed by atoms with E-state index in [-0.39, 0.29) is 24.3 Å². The molecule has 0 heterocycles. The molecule has 0 aromatic carbocycles. The number of carbonyl (C=O) groups excluding carboxylic acids is 2. The molecule has 0 saturated carbocycles. The summed E-state index contributed by atoms with van der Waals surface area (Å²) in [5, 5.41) is 2.79. The maximum Gasteiger partial charge on any atom is 0.241 e. The largest absolute Gasteiger partial charge is 0.370 e. The second kappa shape index (κ2) is 38.8. The van der Waals surface area contributed by atoms with Gasteiger partial charge in [0.1, 0.15) is 6.04 Å². The van der Waals surface area contributed by atoms with Crippen molar-refractivity contribution in [3.63, 3.8) is 0 Å². The van der Waals surface area contributed by atoms with Crippen LogP contribution in [0.3, 0.4) is 0 Å². The van der Waals surface area contributed by atoms with Crippen LogP contribution in [0, 0.1) is 0 Å². The topological polar surface area (TPSA) is 166 Å². The third-order valence-electron chi connectivity index (χ3n) is 10.5. The summed E-state index contributed by atoms with van der Waals surface area (Å²) in [7, 11) is 0. The molecular formula is C43H89N7O2. The zero-order valence-corrected chi connectivity index (χ0v) is 34.6. The molecule has 0 aliphatic rings. The number of amides is 2. The third-order valence-corrected chi connectivity index (χ3v) is 10.5. The molecule has 0 rings (SSSR count). The van der Waals surface area contributed by atoms with Gasteiger partial charge >= 0.3 is 0 Å². The second-order valence-corrected chi connectivity index (χ2v) is 15.6. The minimum atomic E-state index is -0.773. The number of aliphatic imine (C=N–C) groups is 1. The molecule has 0 radical (unpaired) electrons. The van der Waals surface area contributed by atoms with Crippen molar-refractivity contribution in [2.24, 2.45) is 27.9 Å². The Kier molecular flexibility index (Phi) is 37.4. The van der Waals surface area contributed by atoms with Gasteiger partial charge in [0.2, 0.25) is 11.8 Å². The van der Waals surface area contributed by atoms with E-state index < -0.39 is 12.1 Å². The molecule has 0 aromatic heterocycles. The van der Waals surface area contributed by atoms with Gasteiger partial charge in [-0.15, -0.1) is 0 Å². The molecule has 0 fully saturated rings. The van der Waals surface area contributed by atoms with Gasteiger partial charge in [0.05, 0.1) is 6.04 Å². The monoisotopic (exact) mass is 736 g/mol. The second-order valence-electron chi connectivity index (χ2n) is 15.6. The summed E-state index contributed by atoms with van der Waals surface area (Å²) in [5.41, 5.74) is 23.1. The van der Waals surface area contributed by atoms with Crippen LogP contribution in [0.4, 0.5) is 0 Å². The fourth-order valence-electron chi connectivity index (χ4n) is 6.99. The van der Waals surface area contributed by atoms with E-state index in [2.05, 4.69) is 24.2 Å². The summed E-state index contributed by atoms with van der Waals surface area (Å²) in [6, 6.07) is -1.46. The highest BCUT2D eigenvalue weighted by Gasteiger charge is 2.22. The fraction of sp³-hybridized carbons (Fsp3) is 0.930. The molecule has 9 heteroatoms. The maximum absolute atomic E-state index is 13.4. The van der Waals surface area contributed by atoms with Crippen LogP contribution in [-0.4, -0.2) is 60.9 Å². The number of hydrogen-bond acceptors (Lipinski definition) is 5. The van der Waals surface area contributed by atoms with E-state index in [4.69, 9.17) is 22.9 Å². The van der Waals surface area contributed by atoms with Crippen LogP contribution in [0.25, 0.3) is 0 Å². The van der Waals surface area contributed by atoms with Crippen LogP contribution in [-0.2, 0) is 9.59 Å². The van der Waals surface area contributed by atoms with E-state index in [1.54, 1.807) is 0 Å². The Morgan fingerprint density at radius 2 is 0.827 bits per heavy atom. The van der Waals surface area contributed by atoms with Crippen molar-refractivity contribution in [1.82, 2.24) is 10.2 Å². The van der Waals surface area contributed by atoms with Crippen molar-refractivity contribution < 1.29 is 9.59 Å². The van der Waals surface area contributed by atoms with Crippen LogP contribution in [0.5, 0.6) is 0 Å². The summed E-state index contributed by atoms with van der Waals surface area (Å²) in [6.45, 7) is 6.55. The Labute approximate surface area is 322 Å². The first kappa shape index (κ1) is 50.1.